The molecule has 0 aliphatic rings. The van der Waals surface area contributed by atoms with E-state index in [9.17, 15) is 9.59 Å². The molecule has 7 nitrogen and oxygen atoms in total. The smallest absolute Gasteiger partial charge is 0.298 e. The highest BCUT2D eigenvalue weighted by Gasteiger charge is 2.18. The summed E-state index contributed by atoms with van der Waals surface area (Å²) in [7, 11) is 0. The molecule has 100 valence electrons. The van der Waals surface area contributed by atoms with Crippen LogP contribution in [0.5, 0.6) is 0 Å². The van der Waals surface area contributed by atoms with Crippen LogP contribution in [-0.2, 0) is 6.42 Å². The van der Waals surface area contributed by atoms with Crippen LogP contribution in [0.2, 0.25) is 0 Å². The summed E-state index contributed by atoms with van der Waals surface area (Å²) >= 11 is 0. The average Bonchev–Trinajstić information content (AvgIpc) is 2.67. The van der Waals surface area contributed by atoms with E-state index in [2.05, 4.69) is 15.1 Å². The van der Waals surface area contributed by atoms with Crippen molar-refractivity contribution in [3.05, 3.63) is 45.4 Å². The molecule has 0 bridgehead atoms. The fraction of sp³-hybridized carbons (Fsp3) is 0.333. The predicted octanol–water partition coefficient (Wildman–Crippen LogP) is -0.227. The number of aromatic nitrogens is 4. The topological polar surface area (TPSA) is 107 Å². The van der Waals surface area contributed by atoms with Crippen LogP contribution in [0, 0.1) is 13.8 Å². The molecular formula is C12H15N5O2. The van der Waals surface area contributed by atoms with E-state index in [-0.39, 0.29) is 17.2 Å². The average molecular weight is 261 g/mol. The lowest BCUT2D eigenvalue weighted by atomic mass is 10.1. The lowest BCUT2D eigenvalue weighted by Crippen LogP contribution is -2.19. The van der Waals surface area contributed by atoms with E-state index in [1.807, 2.05) is 13.8 Å². The molecule has 7 heteroatoms. The monoisotopic (exact) mass is 261 g/mol. The second kappa shape index (κ2) is 5.15. The van der Waals surface area contributed by atoms with Crippen LogP contribution in [0.1, 0.15) is 27.4 Å². The van der Waals surface area contributed by atoms with Gasteiger partial charge in [0.15, 0.2) is 0 Å². The molecule has 0 atom stereocenters. The highest BCUT2D eigenvalue weighted by molar-refractivity contribution is 5.93. The van der Waals surface area contributed by atoms with Crippen LogP contribution >= 0.6 is 0 Å². The van der Waals surface area contributed by atoms with E-state index in [0.29, 0.717) is 13.0 Å². The normalized spacial score (nSPS) is 10.7. The molecule has 0 amide bonds. The fourth-order valence-electron chi connectivity index (χ4n) is 1.95. The van der Waals surface area contributed by atoms with Crippen molar-refractivity contribution in [1.82, 2.24) is 19.7 Å². The Kier molecular flexibility index (Phi) is 3.57. The van der Waals surface area contributed by atoms with E-state index in [1.165, 1.54) is 10.9 Å². The van der Waals surface area contributed by atoms with Crippen LogP contribution in [-0.4, -0.2) is 32.2 Å². The van der Waals surface area contributed by atoms with Gasteiger partial charge in [0, 0.05) is 11.9 Å². The summed E-state index contributed by atoms with van der Waals surface area (Å²) in [5.41, 5.74) is 7.83. The first-order chi connectivity index (χ1) is 9.04. The minimum absolute atomic E-state index is 0.143. The number of nitrogens with one attached hydrogen (secondary N) is 1. The molecule has 19 heavy (non-hydrogen) atoms. The quantitative estimate of drug-likeness (QED) is 0.794. The van der Waals surface area contributed by atoms with Gasteiger partial charge in [-0.1, -0.05) is 0 Å². The first kappa shape index (κ1) is 13.2. The molecule has 0 radical (unpaired) electrons. The second-order valence-electron chi connectivity index (χ2n) is 4.20. The molecule has 2 heterocycles. The Labute approximate surface area is 109 Å². The van der Waals surface area contributed by atoms with E-state index in [0.717, 1.165) is 23.1 Å². The molecule has 0 fully saturated rings. The zero-order chi connectivity index (χ0) is 14.0. The van der Waals surface area contributed by atoms with E-state index in [4.69, 9.17) is 5.73 Å². The Balaban J connectivity index is 2.42. The number of aryl methyl sites for hydroxylation is 1. The van der Waals surface area contributed by atoms with Gasteiger partial charge in [0.25, 0.3) is 11.5 Å². The van der Waals surface area contributed by atoms with E-state index < -0.39 is 0 Å². The van der Waals surface area contributed by atoms with Gasteiger partial charge >= 0.3 is 0 Å². The van der Waals surface area contributed by atoms with Crippen molar-refractivity contribution < 1.29 is 4.79 Å². The highest BCUT2D eigenvalue weighted by Crippen LogP contribution is 2.14. The molecular weight excluding hydrogens is 246 g/mol. The van der Waals surface area contributed by atoms with Gasteiger partial charge < -0.3 is 10.7 Å². The molecule has 0 spiro atoms. The second-order valence-corrected chi connectivity index (χ2v) is 4.20. The number of nitrogens with two attached hydrogens (primary N) is 1. The number of nitrogens with zero attached hydrogens (tertiary/aromatic N) is 3. The third-order valence-corrected chi connectivity index (χ3v) is 2.92. The molecule has 0 saturated heterocycles. The lowest BCUT2D eigenvalue weighted by molar-refractivity contribution is 0.0936. The maximum atomic E-state index is 12.2. The number of H-pyrrole nitrogens is 1. The molecule has 3 N–H and O–H groups in total. The van der Waals surface area contributed by atoms with Gasteiger partial charge in [0.1, 0.15) is 5.69 Å². The Morgan fingerprint density at radius 1 is 1.47 bits per heavy atom. The minimum Gasteiger partial charge on any atom is -0.330 e. The molecule has 0 aromatic carbocycles. The molecule has 2 aromatic rings. The van der Waals surface area contributed by atoms with Crippen molar-refractivity contribution in [2.75, 3.05) is 6.54 Å². The molecule has 0 saturated carbocycles. The zero-order valence-corrected chi connectivity index (χ0v) is 10.8. The van der Waals surface area contributed by atoms with Crippen molar-refractivity contribution in [3.63, 3.8) is 0 Å². The predicted molar refractivity (Wildman–Crippen MR) is 69.0 cm³/mol. The summed E-state index contributed by atoms with van der Waals surface area (Å²) in [5.74, 6) is -0.375. The van der Waals surface area contributed by atoms with Crippen molar-refractivity contribution >= 4 is 5.91 Å². The van der Waals surface area contributed by atoms with Crippen LogP contribution in [0.4, 0.5) is 0 Å². The van der Waals surface area contributed by atoms with Gasteiger partial charge in [-0.3, -0.25) is 9.59 Å². The Bertz CT molecular complexity index is 651. The summed E-state index contributed by atoms with van der Waals surface area (Å²) in [4.78, 5) is 29.4. The number of aromatic amines is 1. The summed E-state index contributed by atoms with van der Waals surface area (Å²) in [6.07, 6.45) is 3.02. The summed E-state index contributed by atoms with van der Waals surface area (Å²) in [6.45, 7) is 4.15. The third kappa shape index (κ3) is 2.45. The van der Waals surface area contributed by atoms with Crippen LogP contribution in [0.3, 0.4) is 0 Å². The van der Waals surface area contributed by atoms with Gasteiger partial charge in [0.2, 0.25) is 0 Å². The number of hydrogen-bond acceptors (Lipinski definition) is 5. The number of carbonyl (C=O) groups excluding carboxylic acids is 1. The van der Waals surface area contributed by atoms with Crippen molar-refractivity contribution in [2.24, 2.45) is 5.73 Å². The van der Waals surface area contributed by atoms with Crippen LogP contribution in [0.15, 0.2) is 17.2 Å². The van der Waals surface area contributed by atoms with Crippen molar-refractivity contribution in [1.29, 1.82) is 0 Å². The first-order valence-electron chi connectivity index (χ1n) is 5.89. The van der Waals surface area contributed by atoms with Crippen molar-refractivity contribution in [2.45, 2.75) is 20.3 Å². The summed E-state index contributed by atoms with van der Waals surface area (Å²) in [6, 6.07) is 0. The van der Waals surface area contributed by atoms with Gasteiger partial charge in [-0.25, -0.2) is 4.98 Å². The first-order valence-corrected chi connectivity index (χ1v) is 5.89. The minimum atomic E-state index is -0.375. The van der Waals surface area contributed by atoms with Gasteiger partial charge in [-0.15, -0.1) is 0 Å². The number of rotatable bonds is 3. The van der Waals surface area contributed by atoms with E-state index >= 15 is 0 Å². The third-order valence-electron chi connectivity index (χ3n) is 2.92. The lowest BCUT2D eigenvalue weighted by Gasteiger charge is -2.03. The molecule has 0 aliphatic carbocycles. The Morgan fingerprint density at radius 3 is 2.79 bits per heavy atom. The maximum Gasteiger partial charge on any atom is 0.298 e. The Hall–Kier alpha value is -2.28. The number of hydrogen-bond donors (Lipinski definition) is 2. The van der Waals surface area contributed by atoms with Gasteiger partial charge in [0.05, 0.1) is 11.9 Å². The molecule has 0 unspecified atom stereocenters. The number of carbonyl (C=O) groups is 1. The Morgan fingerprint density at radius 2 is 2.21 bits per heavy atom. The molecule has 2 aromatic heterocycles. The van der Waals surface area contributed by atoms with Crippen molar-refractivity contribution in [3.8, 4) is 0 Å². The van der Waals surface area contributed by atoms with Gasteiger partial charge in [-0.2, -0.15) is 9.78 Å². The fourth-order valence-corrected chi connectivity index (χ4v) is 1.95. The van der Waals surface area contributed by atoms with Crippen LogP contribution < -0.4 is 11.3 Å². The van der Waals surface area contributed by atoms with Gasteiger partial charge in [-0.05, 0) is 32.4 Å². The summed E-state index contributed by atoms with van der Waals surface area (Å²) < 4.78 is 1.29. The SMILES string of the molecule is Cc1nn(C(=O)c2c[nH]c(=O)cn2)c(C)c1CCN. The highest BCUT2D eigenvalue weighted by atomic mass is 16.2. The van der Waals surface area contributed by atoms with E-state index in [1.54, 1.807) is 0 Å². The largest absolute Gasteiger partial charge is 0.330 e. The van der Waals surface area contributed by atoms with Crippen LogP contribution in [0.25, 0.3) is 0 Å². The summed E-state index contributed by atoms with van der Waals surface area (Å²) in [5, 5.41) is 4.21. The molecule has 0 aliphatic heterocycles. The zero-order valence-electron chi connectivity index (χ0n) is 10.8. The maximum absolute atomic E-state index is 12.2. The standard InChI is InChI=1S/C12H15N5O2/c1-7-9(3-4-13)8(2)17(16-7)12(19)10-5-15-11(18)6-14-10/h5-6H,3-4,13H2,1-2H3,(H,15,18). The molecule has 2 rings (SSSR count).